The van der Waals surface area contributed by atoms with Gasteiger partial charge in [0.1, 0.15) is 16.1 Å². The lowest BCUT2D eigenvalue weighted by molar-refractivity contribution is -0.115. The molecule has 0 saturated carbocycles. The van der Waals surface area contributed by atoms with E-state index in [1.165, 1.54) is 22.7 Å². The molecule has 3 rings (SSSR count). The molecule has 0 aromatic carbocycles. The molecule has 0 bridgehead atoms. The van der Waals surface area contributed by atoms with E-state index in [0.717, 1.165) is 21.1 Å². The fraction of sp³-hybridized carbons (Fsp3) is 0.176. The van der Waals surface area contributed by atoms with E-state index in [0.29, 0.717) is 16.3 Å². The number of nitrogens with one attached hydrogen (secondary N) is 1. The Hall–Kier alpha value is -2.56. The Morgan fingerprint density at radius 2 is 2.21 bits per heavy atom. The second-order valence-electron chi connectivity index (χ2n) is 5.18. The van der Waals surface area contributed by atoms with E-state index in [1.54, 1.807) is 6.20 Å². The van der Waals surface area contributed by atoms with Crippen molar-refractivity contribution in [1.82, 2.24) is 9.97 Å². The lowest BCUT2D eigenvalue weighted by Crippen LogP contribution is -2.14. The van der Waals surface area contributed by atoms with E-state index >= 15 is 0 Å². The Morgan fingerprint density at radius 3 is 2.92 bits per heavy atom. The third-order valence-corrected chi connectivity index (χ3v) is 5.56. The summed E-state index contributed by atoms with van der Waals surface area (Å²) in [6.45, 7) is 3.83. The summed E-state index contributed by atoms with van der Waals surface area (Å²) in [7, 11) is 0. The summed E-state index contributed by atoms with van der Waals surface area (Å²) in [6.07, 6.45) is 1.89. The maximum atomic E-state index is 12.3. The monoisotopic (exact) mass is 354 g/mol. The normalized spacial score (nSPS) is 10.4. The standard InChI is InChI=1S/C17H14N4OS2/c1-10-11(2)24-16(13(10)8-18)21-15(22)7-12-9-23-17(20-12)14-5-3-4-6-19-14/h3-6,9H,7H2,1-2H3,(H,21,22). The number of nitrogens with zero attached hydrogens (tertiary/aromatic N) is 3. The van der Waals surface area contributed by atoms with E-state index in [2.05, 4.69) is 21.4 Å². The molecule has 0 aliphatic carbocycles. The zero-order chi connectivity index (χ0) is 17.1. The highest BCUT2D eigenvalue weighted by Crippen LogP contribution is 2.31. The van der Waals surface area contributed by atoms with E-state index < -0.39 is 0 Å². The number of hydrogen-bond donors (Lipinski definition) is 1. The highest BCUT2D eigenvalue weighted by molar-refractivity contribution is 7.16. The minimum atomic E-state index is -0.175. The maximum absolute atomic E-state index is 12.3. The number of rotatable bonds is 4. The Morgan fingerprint density at radius 1 is 1.38 bits per heavy atom. The zero-order valence-electron chi connectivity index (χ0n) is 13.2. The van der Waals surface area contributed by atoms with Crippen molar-refractivity contribution in [2.24, 2.45) is 0 Å². The van der Waals surface area contributed by atoms with Crippen LogP contribution in [-0.2, 0) is 11.2 Å². The molecule has 7 heteroatoms. The predicted molar refractivity (Wildman–Crippen MR) is 96.2 cm³/mol. The number of carbonyl (C=O) groups is 1. The average molecular weight is 354 g/mol. The van der Waals surface area contributed by atoms with Gasteiger partial charge in [-0.2, -0.15) is 5.26 Å². The van der Waals surface area contributed by atoms with Gasteiger partial charge in [-0.1, -0.05) is 6.07 Å². The van der Waals surface area contributed by atoms with E-state index in [4.69, 9.17) is 0 Å². The molecular weight excluding hydrogens is 340 g/mol. The molecule has 1 N–H and O–H groups in total. The first-order valence-corrected chi connectivity index (χ1v) is 8.94. The van der Waals surface area contributed by atoms with Crippen molar-refractivity contribution in [2.45, 2.75) is 20.3 Å². The summed E-state index contributed by atoms with van der Waals surface area (Å²) >= 11 is 2.89. The Bertz CT molecular complexity index is 922. The maximum Gasteiger partial charge on any atom is 0.231 e. The van der Waals surface area contributed by atoms with Crippen LogP contribution in [0.4, 0.5) is 5.00 Å². The van der Waals surface area contributed by atoms with E-state index in [-0.39, 0.29) is 12.3 Å². The molecule has 0 unspecified atom stereocenters. The second kappa shape index (κ2) is 6.91. The predicted octanol–water partition coefficient (Wildman–Crippen LogP) is 3.94. The average Bonchev–Trinajstić information content (AvgIpc) is 3.13. The number of anilines is 1. The number of aromatic nitrogens is 2. The molecule has 0 atom stereocenters. The first kappa shape index (κ1) is 16.3. The van der Waals surface area contributed by atoms with Crippen molar-refractivity contribution in [3.63, 3.8) is 0 Å². The number of pyridine rings is 1. The number of hydrogen-bond acceptors (Lipinski definition) is 6. The van der Waals surface area contributed by atoms with Crippen LogP contribution in [0.1, 0.15) is 21.7 Å². The topological polar surface area (TPSA) is 78.7 Å². The third-order valence-electron chi connectivity index (χ3n) is 3.53. The molecule has 5 nitrogen and oxygen atoms in total. The summed E-state index contributed by atoms with van der Waals surface area (Å²) in [5, 5.41) is 15.3. The van der Waals surface area contributed by atoms with Crippen LogP contribution in [0.2, 0.25) is 0 Å². The molecule has 3 aromatic rings. The van der Waals surface area contributed by atoms with Gasteiger partial charge in [0.2, 0.25) is 5.91 Å². The molecule has 1 amide bonds. The summed E-state index contributed by atoms with van der Waals surface area (Å²) in [5.74, 6) is -0.175. The molecule has 3 heterocycles. The van der Waals surface area contributed by atoms with Crippen molar-refractivity contribution >= 4 is 33.6 Å². The van der Waals surface area contributed by atoms with Gasteiger partial charge in [0.15, 0.2) is 0 Å². The third kappa shape index (κ3) is 3.35. The Kier molecular flexibility index (Phi) is 4.69. The fourth-order valence-corrected chi connectivity index (χ4v) is 4.00. The van der Waals surface area contributed by atoms with Crippen LogP contribution in [0.3, 0.4) is 0 Å². The molecule has 0 fully saturated rings. The van der Waals surface area contributed by atoms with E-state index in [9.17, 15) is 10.1 Å². The van der Waals surface area contributed by atoms with Crippen LogP contribution >= 0.6 is 22.7 Å². The minimum absolute atomic E-state index is 0.171. The first-order chi connectivity index (χ1) is 11.6. The summed E-state index contributed by atoms with van der Waals surface area (Å²) in [5.41, 5.74) is 2.95. The van der Waals surface area contributed by atoms with Gasteiger partial charge in [-0.05, 0) is 31.5 Å². The second-order valence-corrected chi connectivity index (χ2v) is 7.27. The molecule has 3 aromatic heterocycles. The summed E-state index contributed by atoms with van der Waals surface area (Å²) in [4.78, 5) is 22.0. The van der Waals surface area contributed by atoms with Gasteiger partial charge in [0.25, 0.3) is 0 Å². The van der Waals surface area contributed by atoms with Crippen LogP contribution < -0.4 is 5.32 Å². The molecule has 0 aliphatic rings. The molecule has 0 radical (unpaired) electrons. The van der Waals surface area contributed by atoms with Crippen LogP contribution in [0.5, 0.6) is 0 Å². The smallest absolute Gasteiger partial charge is 0.231 e. The van der Waals surface area contributed by atoms with Crippen molar-refractivity contribution in [3.05, 3.63) is 51.5 Å². The van der Waals surface area contributed by atoms with Crippen LogP contribution in [-0.4, -0.2) is 15.9 Å². The lowest BCUT2D eigenvalue weighted by Gasteiger charge is -2.01. The number of nitriles is 1. The van der Waals surface area contributed by atoms with Crippen LogP contribution in [0, 0.1) is 25.2 Å². The van der Waals surface area contributed by atoms with Crippen molar-refractivity contribution in [1.29, 1.82) is 5.26 Å². The summed E-state index contributed by atoms with van der Waals surface area (Å²) in [6, 6.07) is 7.80. The van der Waals surface area contributed by atoms with Gasteiger partial charge < -0.3 is 5.32 Å². The van der Waals surface area contributed by atoms with Gasteiger partial charge in [-0.15, -0.1) is 22.7 Å². The number of thiophene rings is 1. The molecule has 120 valence electrons. The fourth-order valence-electron chi connectivity index (χ4n) is 2.18. The Balaban J connectivity index is 1.71. The van der Waals surface area contributed by atoms with Gasteiger partial charge in [-0.3, -0.25) is 9.78 Å². The molecule has 24 heavy (non-hydrogen) atoms. The Labute approximate surface area is 147 Å². The van der Waals surface area contributed by atoms with Crippen LogP contribution in [0.25, 0.3) is 10.7 Å². The van der Waals surface area contributed by atoms with Gasteiger partial charge in [-0.25, -0.2) is 4.98 Å². The SMILES string of the molecule is Cc1sc(NC(=O)Cc2csc(-c3ccccn3)n2)c(C#N)c1C. The minimum Gasteiger partial charge on any atom is -0.316 e. The number of aryl methyl sites for hydroxylation is 1. The highest BCUT2D eigenvalue weighted by atomic mass is 32.1. The molecule has 0 spiro atoms. The van der Waals surface area contributed by atoms with Gasteiger partial charge in [0, 0.05) is 16.5 Å². The quantitative estimate of drug-likeness (QED) is 0.770. The number of carbonyl (C=O) groups excluding carboxylic acids is 1. The molecular formula is C17H14N4OS2. The zero-order valence-corrected chi connectivity index (χ0v) is 14.8. The lowest BCUT2D eigenvalue weighted by atomic mass is 10.2. The highest BCUT2D eigenvalue weighted by Gasteiger charge is 2.16. The van der Waals surface area contributed by atoms with Crippen LogP contribution in [0.15, 0.2) is 29.8 Å². The summed E-state index contributed by atoms with van der Waals surface area (Å²) < 4.78 is 0. The first-order valence-electron chi connectivity index (χ1n) is 7.24. The number of amides is 1. The van der Waals surface area contributed by atoms with Gasteiger partial charge in [0.05, 0.1) is 23.4 Å². The van der Waals surface area contributed by atoms with Crippen molar-refractivity contribution in [2.75, 3.05) is 5.32 Å². The van der Waals surface area contributed by atoms with Gasteiger partial charge >= 0.3 is 0 Å². The molecule has 0 saturated heterocycles. The van der Waals surface area contributed by atoms with E-state index in [1.807, 2.05) is 37.4 Å². The molecule has 0 aliphatic heterocycles. The number of thiazole rings is 1. The van der Waals surface area contributed by atoms with Crippen molar-refractivity contribution in [3.8, 4) is 16.8 Å². The largest absolute Gasteiger partial charge is 0.316 e. The van der Waals surface area contributed by atoms with Crippen molar-refractivity contribution < 1.29 is 4.79 Å².